The van der Waals surface area contributed by atoms with Crippen LogP contribution in [0.4, 0.5) is 13.2 Å². The van der Waals surface area contributed by atoms with Gasteiger partial charge < -0.3 is 4.74 Å². The van der Waals surface area contributed by atoms with Crippen molar-refractivity contribution < 1.29 is 17.9 Å². The van der Waals surface area contributed by atoms with Crippen LogP contribution in [0.5, 0.6) is 5.75 Å². The van der Waals surface area contributed by atoms with Gasteiger partial charge in [0.05, 0.1) is 17.7 Å². The van der Waals surface area contributed by atoms with Gasteiger partial charge in [-0.15, -0.1) is 0 Å². The molecule has 0 amide bonds. The Kier molecular flexibility index (Phi) is 3.48. The Balaban J connectivity index is 2.72. The smallest absolute Gasteiger partial charge is 0.137 e. The second-order valence-corrected chi connectivity index (χ2v) is 3.86. The minimum Gasteiger partial charge on any atom is -0.497 e. The zero-order valence-electron chi connectivity index (χ0n) is 9.23. The van der Waals surface area contributed by atoms with Crippen molar-refractivity contribution in [3.05, 3.63) is 52.8 Å². The molecule has 0 aromatic heterocycles. The minimum atomic E-state index is -0.952. The summed E-state index contributed by atoms with van der Waals surface area (Å²) in [5, 5.41) is -0.182. The summed E-state index contributed by atoms with van der Waals surface area (Å²) in [6.45, 7) is 0. The fourth-order valence-electron chi connectivity index (χ4n) is 1.58. The van der Waals surface area contributed by atoms with Gasteiger partial charge in [-0.05, 0) is 12.1 Å². The van der Waals surface area contributed by atoms with Crippen molar-refractivity contribution in [3.8, 4) is 16.9 Å². The van der Waals surface area contributed by atoms with Crippen molar-refractivity contribution >= 4 is 11.6 Å². The summed E-state index contributed by atoms with van der Waals surface area (Å²) < 4.78 is 45.9. The molecule has 0 fully saturated rings. The van der Waals surface area contributed by atoms with Crippen LogP contribution in [0.25, 0.3) is 11.1 Å². The van der Waals surface area contributed by atoms with Gasteiger partial charge in [0.1, 0.15) is 23.2 Å². The molecule has 0 N–H and O–H groups in total. The lowest BCUT2D eigenvalue weighted by Crippen LogP contribution is -1.96. The van der Waals surface area contributed by atoms with Crippen LogP contribution in [0.1, 0.15) is 0 Å². The Labute approximate surface area is 107 Å². The second kappa shape index (κ2) is 4.90. The Morgan fingerprint density at radius 1 is 1.06 bits per heavy atom. The van der Waals surface area contributed by atoms with Crippen LogP contribution >= 0.6 is 11.6 Å². The van der Waals surface area contributed by atoms with E-state index in [0.717, 1.165) is 18.2 Å². The number of methoxy groups -OCH3 is 1. The monoisotopic (exact) mass is 271 g/mol. The minimum absolute atomic E-state index is 0.00481. The fraction of sp³-hybridized carbons (Fsp3) is 0.0769. The molecule has 93 valence electrons. The van der Waals surface area contributed by atoms with E-state index in [4.69, 9.17) is 16.3 Å². The number of ether oxygens (including phenoxy) is 1. The van der Waals surface area contributed by atoms with Crippen LogP contribution < -0.4 is 4.74 Å². The van der Waals surface area contributed by atoms with Gasteiger partial charge in [-0.2, -0.15) is 0 Å². The van der Waals surface area contributed by atoms with Crippen LogP contribution in [-0.2, 0) is 0 Å². The molecule has 0 aliphatic rings. The highest BCUT2D eigenvalue weighted by atomic mass is 35.5. The van der Waals surface area contributed by atoms with Crippen molar-refractivity contribution in [1.29, 1.82) is 0 Å². The summed E-state index contributed by atoms with van der Waals surface area (Å²) in [5.74, 6) is -2.72. The third kappa shape index (κ3) is 2.16. The Hall–Kier alpha value is -1.68. The average Bonchev–Trinajstić information content (AvgIpc) is 2.31. The summed E-state index contributed by atoms with van der Waals surface area (Å²) >= 11 is 5.72. The lowest BCUT2D eigenvalue weighted by Gasteiger charge is -2.10. The van der Waals surface area contributed by atoms with Crippen LogP contribution in [0, 0.1) is 23.5 Å². The van der Waals surface area contributed by atoms with E-state index in [-0.39, 0.29) is 16.3 Å². The van der Waals surface area contributed by atoms with Gasteiger partial charge in [0.2, 0.25) is 0 Å². The quantitative estimate of drug-likeness (QED) is 0.794. The standard InChI is InChI=1S/C13H7ClF3O/c1-18-7-5-10(16)13(11(17)6-7)12-8(14)3-2-4-9(12)15/h2,4-6H,1H3. The van der Waals surface area contributed by atoms with Gasteiger partial charge in [-0.25, -0.2) is 13.2 Å². The number of benzene rings is 2. The van der Waals surface area contributed by atoms with Crippen molar-refractivity contribution in [1.82, 2.24) is 0 Å². The number of hydrogen-bond donors (Lipinski definition) is 0. The van der Waals surface area contributed by atoms with Gasteiger partial charge in [0.15, 0.2) is 0 Å². The van der Waals surface area contributed by atoms with Crippen LogP contribution in [0.2, 0.25) is 5.02 Å². The molecule has 1 radical (unpaired) electrons. The van der Waals surface area contributed by atoms with E-state index < -0.39 is 23.0 Å². The molecular weight excluding hydrogens is 265 g/mol. The predicted octanol–water partition coefficient (Wildman–Crippen LogP) is 4.23. The zero-order valence-corrected chi connectivity index (χ0v) is 9.99. The molecular formula is C13H7ClF3O. The van der Waals surface area contributed by atoms with Gasteiger partial charge in [-0.1, -0.05) is 11.6 Å². The molecule has 0 spiro atoms. The maximum Gasteiger partial charge on any atom is 0.137 e. The van der Waals surface area contributed by atoms with E-state index in [1.807, 2.05) is 0 Å². The maximum atomic E-state index is 13.8. The first-order valence-corrected chi connectivity index (χ1v) is 5.31. The predicted molar refractivity (Wildman–Crippen MR) is 62.2 cm³/mol. The Morgan fingerprint density at radius 2 is 1.67 bits per heavy atom. The van der Waals surface area contributed by atoms with Gasteiger partial charge in [0.25, 0.3) is 0 Å². The molecule has 0 atom stereocenters. The van der Waals surface area contributed by atoms with Gasteiger partial charge in [0, 0.05) is 23.8 Å². The lowest BCUT2D eigenvalue weighted by atomic mass is 10.0. The Morgan fingerprint density at radius 3 is 2.17 bits per heavy atom. The molecule has 0 aliphatic carbocycles. The molecule has 0 saturated carbocycles. The van der Waals surface area contributed by atoms with Crippen LogP contribution in [0.15, 0.2) is 24.3 Å². The number of halogens is 4. The van der Waals surface area contributed by atoms with Gasteiger partial charge >= 0.3 is 0 Å². The number of rotatable bonds is 2. The molecule has 2 aromatic rings. The molecule has 18 heavy (non-hydrogen) atoms. The summed E-state index contributed by atoms with van der Waals surface area (Å²) in [6, 6.07) is 6.67. The van der Waals surface area contributed by atoms with Crippen LogP contribution in [-0.4, -0.2) is 7.11 Å². The SMILES string of the molecule is COc1cc(F)c(-c2c(Cl)[c]ccc2F)c(F)c1. The van der Waals surface area contributed by atoms with E-state index in [1.165, 1.54) is 13.2 Å². The summed E-state index contributed by atoms with van der Waals surface area (Å²) in [7, 11) is 1.28. The molecule has 0 saturated heterocycles. The first-order valence-electron chi connectivity index (χ1n) is 4.93. The van der Waals surface area contributed by atoms with Crippen molar-refractivity contribution in [3.63, 3.8) is 0 Å². The zero-order chi connectivity index (χ0) is 13.3. The topological polar surface area (TPSA) is 9.23 Å². The third-order valence-corrected chi connectivity index (χ3v) is 2.70. The first kappa shape index (κ1) is 12.8. The van der Waals surface area contributed by atoms with Crippen molar-refractivity contribution in [2.75, 3.05) is 7.11 Å². The first-order chi connectivity index (χ1) is 8.54. The highest BCUT2D eigenvalue weighted by molar-refractivity contribution is 6.33. The highest BCUT2D eigenvalue weighted by Gasteiger charge is 2.19. The maximum absolute atomic E-state index is 13.8. The largest absolute Gasteiger partial charge is 0.497 e. The van der Waals surface area contributed by atoms with Gasteiger partial charge in [-0.3, -0.25) is 0 Å². The molecule has 2 aromatic carbocycles. The molecule has 2 rings (SSSR count). The summed E-state index contributed by atoms with van der Waals surface area (Å²) in [6.07, 6.45) is 0. The lowest BCUT2D eigenvalue weighted by molar-refractivity contribution is 0.407. The van der Waals surface area contributed by atoms with E-state index >= 15 is 0 Å². The summed E-state index contributed by atoms with van der Waals surface area (Å²) in [4.78, 5) is 0. The average molecular weight is 272 g/mol. The normalized spacial score (nSPS) is 10.5. The highest BCUT2D eigenvalue weighted by Crippen LogP contribution is 2.35. The molecule has 0 heterocycles. The second-order valence-electron chi connectivity index (χ2n) is 3.48. The van der Waals surface area contributed by atoms with E-state index in [1.54, 1.807) is 0 Å². The molecule has 1 nitrogen and oxygen atoms in total. The van der Waals surface area contributed by atoms with Crippen LogP contribution in [0.3, 0.4) is 0 Å². The summed E-state index contributed by atoms with van der Waals surface area (Å²) in [5.41, 5.74) is -0.882. The molecule has 5 heteroatoms. The molecule has 0 unspecified atom stereocenters. The van der Waals surface area contributed by atoms with E-state index in [0.29, 0.717) is 0 Å². The van der Waals surface area contributed by atoms with E-state index in [9.17, 15) is 13.2 Å². The third-order valence-electron chi connectivity index (χ3n) is 2.40. The number of hydrogen-bond acceptors (Lipinski definition) is 1. The van der Waals surface area contributed by atoms with Crippen molar-refractivity contribution in [2.45, 2.75) is 0 Å². The fourth-order valence-corrected chi connectivity index (χ4v) is 1.83. The molecule has 0 aliphatic heterocycles. The van der Waals surface area contributed by atoms with E-state index in [2.05, 4.69) is 6.07 Å². The Bertz CT molecular complexity index is 556. The van der Waals surface area contributed by atoms with Crippen molar-refractivity contribution in [2.24, 2.45) is 0 Å². The molecule has 0 bridgehead atoms.